The zero-order valence-electron chi connectivity index (χ0n) is 14.7. The summed E-state index contributed by atoms with van der Waals surface area (Å²) in [6.07, 6.45) is 3.01. The number of amides is 2. The highest BCUT2D eigenvalue weighted by atomic mass is 19.3. The number of carbonyl (C=O) groups excluding carboxylic acids is 1. The molecular weight excluding hydrogens is 324 g/mol. The lowest BCUT2D eigenvalue weighted by Crippen LogP contribution is -2.38. The van der Waals surface area contributed by atoms with Crippen molar-refractivity contribution >= 4 is 11.7 Å². The van der Waals surface area contributed by atoms with Gasteiger partial charge in [-0.1, -0.05) is 18.2 Å². The number of hydrogen-bond acceptors (Lipinski definition) is 2. The molecule has 0 radical (unpaired) electrons. The van der Waals surface area contributed by atoms with Gasteiger partial charge >= 0.3 is 6.03 Å². The Morgan fingerprint density at radius 2 is 2.12 bits per heavy atom. The van der Waals surface area contributed by atoms with E-state index in [0.717, 1.165) is 30.6 Å². The second kappa shape index (κ2) is 7.58. The number of carbonyl (C=O) groups is 1. The first-order valence-corrected chi connectivity index (χ1v) is 9.17. The summed E-state index contributed by atoms with van der Waals surface area (Å²) >= 11 is 0. The van der Waals surface area contributed by atoms with E-state index in [1.54, 1.807) is 0 Å². The quantitative estimate of drug-likeness (QED) is 0.858. The van der Waals surface area contributed by atoms with Crippen molar-refractivity contribution in [1.82, 2.24) is 10.6 Å². The van der Waals surface area contributed by atoms with Gasteiger partial charge in [-0.05, 0) is 43.2 Å². The van der Waals surface area contributed by atoms with Crippen molar-refractivity contribution in [3.05, 3.63) is 29.8 Å². The molecule has 1 fully saturated rings. The molecule has 2 atom stereocenters. The van der Waals surface area contributed by atoms with Gasteiger partial charge in [-0.3, -0.25) is 0 Å². The van der Waals surface area contributed by atoms with E-state index < -0.39 is 5.92 Å². The van der Waals surface area contributed by atoms with E-state index in [2.05, 4.69) is 34.7 Å². The Labute approximate surface area is 148 Å². The predicted molar refractivity (Wildman–Crippen MR) is 95.1 cm³/mol. The summed E-state index contributed by atoms with van der Waals surface area (Å²) in [5.41, 5.74) is 2.28. The third-order valence-electron chi connectivity index (χ3n) is 5.36. The van der Waals surface area contributed by atoms with Gasteiger partial charge in [0.25, 0.3) is 0 Å². The normalized spacial score (nSPS) is 25.2. The van der Waals surface area contributed by atoms with Crippen LogP contribution < -0.4 is 15.5 Å². The number of halogens is 2. The van der Waals surface area contributed by atoms with E-state index in [0.29, 0.717) is 19.4 Å². The lowest BCUT2D eigenvalue weighted by molar-refractivity contribution is 0.00478. The Hall–Kier alpha value is -1.85. The van der Waals surface area contributed by atoms with E-state index in [1.807, 2.05) is 12.1 Å². The van der Waals surface area contributed by atoms with Crippen LogP contribution in [0.15, 0.2) is 24.3 Å². The lowest BCUT2D eigenvalue weighted by Gasteiger charge is -2.22. The molecule has 138 valence electrons. The molecule has 1 aromatic carbocycles. The third kappa shape index (κ3) is 4.61. The van der Waals surface area contributed by atoms with E-state index in [4.69, 9.17) is 0 Å². The smallest absolute Gasteiger partial charge is 0.315 e. The molecule has 0 aromatic heterocycles. The van der Waals surface area contributed by atoms with Crippen LogP contribution >= 0.6 is 0 Å². The molecular formula is C19H27F2N3O. The van der Waals surface area contributed by atoms with Crippen LogP contribution in [0.3, 0.4) is 0 Å². The lowest BCUT2D eigenvalue weighted by atomic mass is 10.0. The Morgan fingerprint density at radius 1 is 1.32 bits per heavy atom. The summed E-state index contributed by atoms with van der Waals surface area (Å²) in [7, 11) is 2.07. The molecule has 2 amide bonds. The van der Waals surface area contributed by atoms with E-state index in [-0.39, 0.29) is 30.8 Å². The summed E-state index contributed by atoms with van der Waals surface area (Å²) in [5, 5.41) is 5.89. The molecule has 1 aliphatic carbocycles. The number of nitrogens with zero attached hydrogens (tertiary/aromatic N) is 1. The van der Waals surface area contributed by atoms with Gasteiger partial charge in [0.2, 0.25) is 5.92 Å². The van der Waals surface area contributed by atoms with Crippen molar-refractivity contribution in [1.29, 1.82) is 0 Å². The van der Waals surface area contributed by atoms with Crippen LogP contribution in [0.2, 0.25) is 0 Å². The van der Waals surface area contributed by atoms with E-state index in [1.165, 1.54) is 0 Å². The number of hydrogen-bond donors (Lipinski definition) is 2. The van der Waals surface area contributed by atoms with Crippen LogP contribution in [-0.4, -0.2) is 32.1 Å². The number of alkyl halides is 2. The summed E-state index contributed by atoms with van der Waals surface area (Å²) < 4.78 is 26.4. The molecule has 2 unspecified atom stereocenters. The molecule has 1 aromatic rings. The standard InChI is InChI=1S/C19H27F2N3O/c1-24-12-4-6-16(15-5-2-3-7-17(15)24)23-18(25)22-11-9-14-8-10-19(20,21)13-14/h2-3,5,7,14,16H,4,6,8-13H2,1H3,(H2,22,23,25). The molecule has 4 nitrogen and oxygen atoms in total. The number of anilines is 1. The SMILES string of the molecule is CN1CCCC(NC(=O)NCCC2CCC(F)(F)C2)c2ccccc21. The maximum absolute atomic E-state index is 13.2. The maximum Gasteiger partial charge on any atom is 0.315 e. The molecule has 2 N–H and O–H groups in total. The van der Waals surface area contributed by atoms with Crippen LogP contribution in [0.5, 0.6) is 0 Å². The molecule has 0 spiro atoms. The first-order valence-electron chi connectivity index (χ1n) is 9.17. The van der Waals surface area contributed by atoms with Crippen molar-refractivity contribution in [2.24, 2.45) is 5.92 Å². The van der Waals surface area contributed by atoms with Gasteiger partial charge in [-0.25, -0.2) is 13.6 Å². The van der Waals surface area contributed by atoms with E-state index >= 15 is 0 Å². The zero-order chi connectivity index (χ0) is 17.9. The number of para-hydroxylation sites is 1. The number of benzene rings is 1. The topological polar surface area (TPSA) is 44.4 Å². The van der Waals surface area contributed by atoms with Gasteiger partial charge in [-0.15, -0.1) is 0 Å². The fourth-order valence-electron chi connectivity index (χ4n) is 3.98. The molecule has 1 heterocycles. The molecule has 2 aliphatic rings. The largest absolute Gasteiger partial charge is 0.374 e. The van der Waals surface area contributed by atoms with E-state index in [9.17, 15) is 13.6 Å². The molecule has 1 aliphatic heterocycles. The highest BCUT2D eigenvalue weighted by Gasteiger charge is 2.38. The number of nitrogens with one attached hydrogen (secondary N) is 2. The van der Waals surface area contributed by atoms with Gasteiger partial charge in [0, 0.05) is 38.7 Å². The van der Waals surface area contributed by atoms with Crippen LogP contribution in [0.1, 0.15) is 50.1 Å². The van der Waals surface area contributed by atoms with Crippen molar-refractivity contribution < 1.29 is 13.6 Å². The first-order chi connectivity index (χ1) is 11.9. The predicted octanol–water partition coefficient (Wildman–Crippen LogP) is 4.08. The van der Waals surface area contributed by atoms with Gasteiger partial charge in [0.1, 0.15) is 0 Å². The van der Waals surface area contributed by atoms with Gasteiger partial charge < -0.3 is 15.5 Å². The Balaban J connectivity index is 1.50. The zero-order valence-corrected chi connectivity index (χ0v) is 14.7. The molecule has 6 heteroatoms. The summed E-state index contributed by atoms with van der Waals surface area (Å²) in [4.78, 5) is 14.4. The van der Waals surface area contributed by atoms with Gasteiger partial charge in [0.05, 0.1) is 6.04 Å². The summed E-state index contributed by atoms with van der Waals surface area (Å²) in [5.74, 6) is -2.49. The van der Waals surface area contributed by atoms with Crippen molar-refractivity contribution in [3.63, 3.8) is 0 Å². The Bertz CT molecular complexity index is 608. The highest BCUT2D eigenvalue weighted by Crippen LogP contribution is 2.40. The van der Waals surface area contributed by atoms with Crippen LogP contribution in [0.4, 0.5) is 19.3 Å². The second-order valence-electron chi connectivity index (χ2n) is 7.33. The van der Waals surface area contributed by atoms with Crippen molar-refractivity contribution in [2.45, 2.75) is 50.5 Å². The number of rotatable bonds is 4. The Morgan fingerprint density at radius 3 is 2.88 bits per heavy atom. The monoisotopic (exact) mass is 351 g/mol. The van der Waals surface area contributed by atoms with Gasteiger partial charge in [-0.2, -0.15) is 0 Å². The molecule has 0 saturated heterocycles. The molecule has 1 saturated carbocycles. The minimum Gasteiger partial charge on any atom is -0.374 e. The van der Waals surface area contributed by atoms with Crippen molar-refractivity contribution in [2.75, 3.05) is 25.0 Å². The average Bonchev–Trinajstić information content (AvgIpc) is 2.84. The number of urea groups is 1. The van der Waals surface area contributed by atoms with Crippen LogP contribution in [0.25, 0.3) is 0 Å². The summed E-state index contributed by atoms with van der Waals surface area (Å²) in [6, 6.07) is 7.90. The van der Waals surface area contributed by atoms with Gasteiger partial charge in [0.15, 0.2) is 0 Å². The van der Waals surface area contributed by atoms with Crippen molar-refractivity contribution in [3.8, 4) is 0 Å². The van der Waals surface area contributed by atoms with Crippen LogP contribution in [0, 0.1) is 5.92 Å². The van der Waals surface area contributed by atoms with Crippen LogP contribution in [-0.2, 0) is 0 Å². The summed E-state index contributed by atoms with van der Waals surface area (Å²) in [6.45, 7) is 1.41. The molecule has 25 heavy (non-hydrogen) atoms. The second-order valence-corrected chi connectivity index (χ2v) is 7.33. The Kier molecular flexibility index (Phi) is 5.45. The first kappa shape index (κ1) is 18.0. The third-order valence-corrected chi connectivity index (χ3v) is 5.36. The maximum atomic E-state index is 13.2. The minimum absolute atomic E-state index is 0.0163. The highest BCUT2D eigenvalue weighted by molar-refractivity contribution is 5.75. The fourth-order valence-corrected chi connectivity index (χ4v) is 3.98. The minimum atomic E-state index is -2.51. The molecule has 0 bridgehead atoms. The number of fused-ring (bicyclic) bond motifs is 1. The molecule has 3 rings (SSSR count). The average molecular weight is 351 g/mol. The fraction of sp³-hybridized carbons (Fsp3) is 0.632.